The lowest BCUT2D eigenvalue weighted by atomic mass is 9.90. The first kappa shape index (κ1) is 17.7. The van der Waals surface area contributed by atoms with Gasteiger partial charge in [0.1, 0.15) is 5.60 Å². The van der Waals surface area contributed by atoms with Gasteiger partial charge in [-0.1, -0.05) is 6.07 Å². The van der Waals surface area contributed by atoms with E-state index in [1.54, 1.807) is 6.20 Å². The molecular weight excluding hydrogens is 290 g/mol. The van der Waals surface area contributed by atoms with E-state index in [2.05, 4.69) is 28.6 Å². The van der Waals surface area contributed by atoms with E-state index < -0.39 is 5.60 Å². The Bertz CT molecular complexity index is 499. The highest BCUT2D eigenvalue weighted by atomic mass is 16.6. The van der Waals surface area contributed by atoms with Crippen LogP contribution in [0.2, 0.25) is 0 Å². The highest BCUT2D eigenvalue weighted by Gasteiger charge is 2.26. The quantitative estimate of drug-likeness (QED) is 0.890. The fourth-order valence-electron chi connectivity index (χ4n) is 3.03. The van der Waals surface area contributed by atoms with E-state index in [1.165, 1.54) is 5.56 Å². The third-order valence-corrected chi connectivity index (χ3v) is 4.07. The maximum absolute atomic E-state index is 11.9. The maximum Gasteiger partial charge on any atom is 0.407 e. The minimum absolute atomic E-state index is 0.178. The molecule has 1 amide bonds. The molecule has 0 aliphatic heterocycles. The van der Waals surface area contributed by atoms with Crippen molar-refractivity contribution in [1.82, 2.24) is 15.6 Å². The number of alkyl carbamates (subject to hydrolysis) is 1. The first-order valence-electron chi connectivity index (χ1n) is 8.49. The molecule has 2 unspecified atom stereocenters. The molecular formula is C18H29N3O2. The van der Waals surface area contributed by atoms with Gasteiger partial charge in [0.25, 0.3) is 0 Å². The summed E-state index contributed by atoms with van der Waals surface area (Å²) in [5.74, 6) is 0. The molecule has 5 heteroatoms. The number of rotatable bonds is 4. The molecule has 1 fully saturated rings. The van der Waals surface area contributed by atoms with Gasteiger partial charge in [-0.25, -0.2) is 4.79 Å². The lowest BCUT2D eigenvalue weighted by Crippen LogP contribution is -2.46. The number of amides is 1. The number of hydrogen-bond donors (Lipinski definition) is 2. The summed E-state index contributed by atoms with van der Waals surface area (Å²) in [6.45, 7) is 7.80. The van der Waals surface area contributed by atoms with Crippen molar-refractivity contribution in [2.75, 3.05) is 0 Å². The molecule has 1 aromatic heterocycles. The predicted octanol–water partition coefficient (Wildman–Crippen LogP) is 3.57. The Kier molecular flexibility index (Phi) is 5.99. The monoisotopic (exact) mass is 319 g/mol. The zero-order chi connectivity index (χ0) is 16.9. The van der Waals surface area contributed by atoms with E-state index in [9.17, 15) is 4.79 Å². The van der Waals surface area contributed by atoms with Gasteiger partial charge in [0.05, 0.1) is 0 Å². The minimum Gasteiger partial charge on any atom is -0.444 e. The van der Waals surface area contributed by atoms with E-state index >= 15 is 0 Å². The SMILES string of the molecule is C[C@H](NC1CCCC(NC(=O)OC(C)(C)C)C1)c1cccnc1. The standard InChI is InChI=1S/C18H29N3O2/c1-13(14-7-6-10-19-12-14)20-15-8-5-9-16(11-15)21-17(22)23-18(2,3)4/h6-7,10,12-13,15-16,20H,5,8-9,11H2,1-4H3,(H,21,22)/t13-,15?,16?/m0/s1. The molecule has 0 saturated heterocycles. The normalized spacial score (nSPS) is 23.1. The lowest BCUT2D eigenvalue weighted by molar-refractivity contribution is 0.0488. The molecule has 128 valence electrons. The van der Waals surface area contributed by atoms with E-state index in [0.29, 0.717) is 6.04 Å². The Morgan fingerprint density at radius 1 is 1.35 bits per heavy atom. The molecule has 0 aromatic carbocycles. The smallest absolute Gasteiger partial charge is 0.407 e. The van der Waals surface area contributed by atoms with Gasteiger partial charge in [0, 0.05) is 30.5 Å². The third-order valence-electron chi connectivity index (χ3n) is 4.07. The van der Waals surface area contributed by atoms with Crippen molar-refractivity contribution in [1.29, 1.82) is 0 Å². The molecule has 5 nitrogen and oxygen atoms in total. The van der Waals surface area contributed by atoms with Crippen LogP contribution in [0.15, 0.2) is 24.5 Å². The predicted molar refractivity (Wildman–Crippen MR) is 91.2 cm³/mol. The van der Waals surface area contributed by atoms with Crippen molar-refractivity contribution in [2.45, 2.75) is 77.1 Å². The molecule has 1 aliphatic rings. The summed E-state index contributed by atoms with van der Waals surface area (Å²) in [7, 11) is 0. The van der Waals surface area contributed by atoms with Crippen molar-refractivity contribution < 1.29 is 9.53 Å². The summed E-state index contributed by atoms with van der Waals surface area (Å²) in [6.07, 6.45) is 7.56. The van der Waals surface area contributed by atoms with Crippen LogP contribution in [0, 0.1) is 0 Å². The molecule has 3 atom stereocenters. The molecule has 2 rings (SSSR count). The van der Waals surface area contributed by atoms with Crippen molar-refractivity contribution >= 4 is 6.09 Å². The van der Waals surface area contributed by atoms with Gasteiger partial charge >= 0.3 is 6.09 Å². The largest absolute Gasteiger partial charge is 0.444 e. The fraction of sp³-hybridized carbons (Fsp3) is 0.667. The zero-order valence-corrected chi connectivity index (χ0v) is 14.6. The van der Waals surface area contributed by atoms with Crippen LogP contribution in [0.25, 0.3) is 0 Å². The summed E-state index contributed by atoms with van der Waals surface area (Å²) in [5.41, 5.74) is 0.736. The highest BCUT2D eigenvalue weighted by Crippen LogP contribution is 2.22. The topological polar surface area (TPSA) is 63.2 Å². The Hall–Kier alpha value is -1.62. The van der Waals surface area contributed by atoms with Crippen LogP contribution in [0.5, 0.6) is 0 Å². The summed E-state index contributed by atoms with van der Waals surface area (Å²) in [6, 6.07) is 4.88. The first-order valence-corrected chi connectivity index (χ1v) is 8.49. The van der Waals surface area contributed by atoms with E-state index in [-0.39, 0.29) is 18.2 Å². The average Bonchev–Trinajstić information content (AvgIpc) is 2.46. The van der Waals surface area contributed by atoms with Crippen molar-refractivity contribution in [2.24, 2.45) is 0 Å². The second-order valence-electron chi connectivity index (χ2n) is 7.38. The molecule has 1 saturated carbocycles. The van der Waals surface area contributed by atoms with Gasteiger partial charge < -0.3 is 15.4 Å². The number of ether oxygens (including phenoxy) is 1. The number of nitrogens with one attached hydrogen (secondary N) is 2. The molecule has 0 bridgehead atoms. The molecule has 1 heterocycles. The van der Waals surface area contributed by atoms with Gasteiger partial charge in [0.2, 0.25) is 0 Å². The van der Waals surface area contributed by atoms with Crippen LogP contribution in [0.1, 0.15) is 65.0 Å². The number of aromatic nitrogens is 1. The van der Waals surface area contributed by atoms with Crippen molar-refractivity contribution in [3.05, 3.63) is 30.1 Å². The number of carbonyl (C=O) groups excluding carboxylic acids is 1. The lowest BCUT2D eigenvalue weighted by Gasteiger charge is -2.33. The highest BCUT2D eigenvalue weighted by molar-refractivity contribution is 5.68. The van der Waals surface area contributed by atoms with Gasteiger partial charge in [-0.15, -0.1) is 0 Å². The van der Waals surface area contributed by atoms with Crippen LogP contribution in [-0.2, 0) is 4.74 Å². The maximum atomic E-state index is 11.9. The third kappa shape index (κ3) is 6.18. The van der Waals surface area contributed by atoms with Gasteiger partial charge in [-0.05, 0) is 65.0 Å². The average molecular weight is 319 g/mol. The van der Waals surface area contributed by atoms with Crippen LogP contribution in [0.3, 0.4) is 0 Å². The van der Waals surface area contributed by atoms with Gasteiger partial charge in [-0.2, -0.15) is 0 Å². The summed E-state index contributed by atoms with van der Waals surface area (Å²) in [4.78, 5) is 16.1. The van der Waals surface area contributed by atoms with Gasteiger partial charge in [-0.3, -0.25) is 4.98 Å². The molecule has 1 aliphatic carbocycles. The van der Waals surface area contributed by atoms with Crippen LogP contribution >= 0.6 is 0 Å². The van der Waals surface area contributed by atoms with Crippen LogP contribution in [0.4, 0.5) is 4.79 Å². The molecule has 2 N–H and O–H groups in total. The Labute approximate surface area is 139 Å². The van der Waals surface area contributed by atoms with E-state index in [1.807, 2.05) is 33.0 Å². The Balaban J connectivity index is 1.82. The summed E-state index contributed by atoms with van der Waals surface area (Å²) in [5, 5.41) is 6.66. The number of hydrogen-bond acceptors (Lipinski definition) is 4. The first-order chi connectivity index (χ1) is 10.8. The van der Waals surface area contributed by atoms with Gasteiger partial charge in [0.15, 0.2) is 0 Å². The Morgan fingerprint density at radius 3 is 2.74 bits per heavy atom. The zero-order valence-electron chi connectivity index (χ0n) is 14.6. The fourth-order valence-corrected chi connectivity index (χ4v) is 3.03. The van der Waals surface area contributed by atoms with Crippen LogP contribution < -0.4 is 10.6 Å². The summed E-state index contributed by atoms with van der Waals surface area (Å²) >= 11 is 0. The van der Waals surface area contributed by atoms with Crippen molar-refractivity contribution in [3.63, 3.8) is 0 Å². The summed E-state index contributed by atoms with van der Waals surface area (Å²) < 4.78 is 5.35. The number of nitrogens with zero attached hydrogens (tertiary/aromatic N) is 1. The Morgan fingerprint density at radius 2 is 2.09 bits per heavy atom. The number of pyridine rings is 1. The second-order valence-corrected chi connectivity index (χ2v) is 7.38. The van der Waals surface area contributed by atoms with Crippen LogP contribution in [-0.4, -0.2) is 28.8 Å². The van der Waals surface area contributed by atoms with E-state index in [4.69, 9.17) is 4.74 Å². The van der Waals surface area contributed by atoms with E-state index in [0.717, 1.165) is 25.7 Å². The van der Waals surface area contributed by atoms with Crippen molar-refractivity contribution in [3.8, 4) is 0 Å². The second kappa shape index (κ2) is 7.77. The minimum atomic E-state index is -0.453. The molecule has 0 spiro atoms. The molecule has 23 heavy (non-hydrogen) atoms. The molecule has 0 radical (unpaired) electrons. The number of carbonyl (C=O) groups is 1. The molecule has 1 aromatic rings.